The standard InChI is InChI=1S/C14H13ClN2OS2/c1-20(18)9-11-5-12(2-3-14(11)15)17-7-13-4-10(6-16)8-19-13/h2-5,8,17H,7,9H2,1H3/t20-/m0/s1. The van der Waals surface area contributed by atoms with Gasteiger partial charge in [0.2, 0.25) is 0 Å². The molecule has 104 valence electrons. The number of nitriles is 1. The molecule has 0 unspecified atom stereocenters. The van der Waals surface area contributed by atoms with Gasteiger partial charge in [-0.15, -0.1) is 11.3 Å². The molecule has 1 heterocycles. The second kappa shape index (κ2) is 6.89. The van der Waals surface area contributed by atoms with E-state index in [1.807, 2.05) is 23.6 Å². The van der Waals surface area contributed by atoms with Gasteiger partial charge in [0.25, 0.3) is 0 Å². The predicted molar refractivity (Wildman–Crippen MR) is 85.6 cm³/mol. The number of rotatable bonds is 5. The van der Waals surface area contributed by atoms with Crippen LogP contribution in [-0.4, -0.2) is 10.5 Å². The van der Waals surface area contributed by atoms with Gasteiger partial charge in [0, 0.05) is 50.3 Å². The van der Waals surface area contributed by atoms with E-state index in [9.17, 15) is 4.21 Å². The zero-order valence-corrected chi connectivity index (χ0v) is 13.2. The molecule has 3 nitrogen and oxygen atoms in total. The minimum absolute atomic E-state index is 0.450. The smallest absolute Gasteiger partial charge is 0.100 e. The fourth-order valence-corrected chi connectivity index (χ4v) is 3.43. The van der Waals surface area contributed by atoms with Crippen LogP contribution in [0.2, 0.25) is 5.02 Å². The average molecular weight is 325 g/mol. The predicted octanol–water partition coefficient (Wildman–Crippen LogP) is 3.76. The van der Waals surface area contributed by atoms with Crippen molar-refractivity contribution in [2.45, 2.75) is 12.3 Å². The first kappa shape index (κ1) is 15.0. The van der Waals surface area contributed by atoms with Crippen molar-refractivity contribution in [2.75, 3.05) is 11.6 Å². The van der Waals surface area contributed by atoms with Crippen molar-refractivity contribution in [1.82, 2.24) is 0 Å². The summed E-state index contributed by atoms with van der Waals surface area (Å²) in [7, 11) is -0.919. The average Bonchev–Trinajstić information content (AvgIpc) is 2.87. The summed E-state index contributed by atoms with van der Waals surface area (Å²) >= 11 is 7.64. The monoisotopic (exact) mass is 324 g/mol. The second-order valence-electron chi connectivity index (χ2n) is 4.29. The first-order valence-corrected chi connectivity index (χ1v) is 8.87. The Morgan fingerprint density at radius 2 is 2.25 bits per heavy atom. The molecule has 0 amide bonds. The SMILES string of the molecule is C[S@](=O)Cc1cc(NCc2cc(C#N)cs2)ccc1Cl. The Morgan fingerprint density at radius 3 is 2.90 bits per heavy atom. The maximum absolute atomic E-state index is 11.3. The molecule has 0 aliphatic rings. The highest BCUT2D eigenvalue weighted by Gasteiger charge is 2.05. The van der Waals surface area contributed by atoms with Crippen LogP contribution in [0.15, 0.2) is 29.6 Å². The molecule has 0 spiro atoms. The molecule has 0 fully saturated rings. The van der Waals surface area contributed by atoms with Crippen LogP contribution in [0.5, 0.6) is 0 Å². The van der Waals surface area contributed by atoms with E-state index in [1.165, 1.54) is 0 Å². The summed E-state index contributed by atoms with van der Waals surface area (Å²) in [6.45, 7) is 0.655. The summed E-state index contributed by atoms with van der Waals surface area (Å²) in [5.41, 5.74) is 2.49. The molecular weight excluding hydrogens is 312 g/mol. The number of hydrogen-bond donors (Lipinski definition) is 1. The number of thiophene rings is 1. The quantitative estimate of drug-likeness (QED) is 0.911. The lowest BCUT2D eigenvalue weighted by molar-refractivity contribution is 0.686. The summed E-state index contributed by atoms with van der Waals surface area (Å²) in [6, 6.07) is 9.60. The van der Waals surface area contributed by atoms with Gasteiger partial charge >= 0.3 is 0 Å². The third-order valence-corrected chi connectivity index (χ3v) is 4.68. The molecule has 6 heteroatoms. The zero-order valence-electron chi connectivity index (χ0n) is 10.9. The topological polar surface area (TPSA) is 52.9 Å². The lowest BCUT2D eigenvalue weighted by atomic mass is 10.2. The molecule has 20 heavy (non-hydrogen) atoms. The van der Waals surface area contributed by atoms with Gasteiger partial charge < -0.3 is 5.32 Å². The van der Waals surface area contributed by atoms with Crippen LogP contribution in [0.1, 0.15) is 16.0 Å². The Labute approximate surface area is 129 Å². The fraction of sp³-hybridized carbons (Fsp3) is 0.214. The number of anilines is 1. The van der Waals surface area contributed by atoms with Crippen LogP contribution < -0.4 is 5.32 Å². The van der Waals surface area contributed by atoms with Crippen molar-refractivity contribution < 1.29 is 4.21 Å². The molecule has 0 saturated carbocycles. The molecule has 0 saturated heterocycles. The first-order valence-electron chi connectivity index (χ1n) is 5.88. The molecule has 2 rings (SSSR count). The number of nitrogens with one attached hydrogen (secondary N) is 1. The van der Waals surface area contributed by atoms with Crippen LogP contribution in [0, 0.1) is 11.3 Å². The largest absolute Gasteiger partial charge is 0.380 e. The lowest BCUT2D eigenvalue weighted by Gasteiger charge is -2.08. The molecule has 1 aromatic heterocycles. The van der Waals surface area contributed by atoms with Gasteiger partial charge in [0.1, 0.15) is 6.07 Å². The Kier molecular flexibility index (Phi) is 5.18. The molecule has 0 aliphatic heterocycles. The summed E-state index contributed by atoms with van der Waals surface area (Å²) in [4.78, 5) is 1.09. The van der Waals surface area contributed by atoms with Crippen LogP contribution >= 0.6 is 22.9 Å². The van der Waals surface area contributed by atoms with Gasteiger partial charge in [-0.05, 0) is 29.8 Å². The molecule has 2 aromatic rings. The van der Waals surface area contributed by atoms with Gasteiger partial charge in [-0.25, -0.2) is 0 Å². The van der Waals surface area contributed by atoms with Crippen LogP contribution in [0.4, 0.5) is 5.69 Å². The highest BCUT2D eigenvalue weighted by atomic mass is 35.5. The Hall–Kier alpha value is -1.35. The number of hydrogen-bond acceptors (Lipinski definition) is 4. The van der Waals surface area contributed by atoms with Crippen LogP contribution in [0.3, 0.4) is 0 Å². The van der Waals surface area contributed by atoms with Crippen LogP contribution in [0.25, 0.3) is 0 Å². The third kappa shape index (κ3) is 4.07. The van der Waals surface area contributed by atoms with Gasteiger partial charge in [-0.2, -0.15) is 5.26 Å². The van der Waals surface area contributed by atoms with Crippen molar-refractivity contribution in [2.24, 2.45) is 0 Å². The lowest BCUT2D eigenvalue weighted by Crippen LogP contribution is -2.00. The second-order valence-corrected chi connectivity index (χ2v) is 7.13. The van der Waals surface area contributed by atoms with Crippen molar-refractivity contribution in [3.63, 3.8) is 0 Å². The van der Waals surface area contributed by atoms with E-state index in [4.69, 9.17) is 16.9 Å². The van der Waals surface area contributed by atoms with E-state index in [-0.39, 0.29) is 0 Å². The van der Waals surface area contributed by atoms with Gasteiger partial charge in [-0.1, -0.05) is 11.6 Å². The Bertz CT molecular complexity index is 676. The Morgan fingerprint density at radius 1 is 1.45 bits per heavy atom. The summed E-state index contributed by atoms with van der Waals surface area (Å²) < 4.78 is 11.3. The first-order chi connectivity index (χ1) is 9.58. The van der Waals surface area contributed by atoms with E-state index in [1.54, 1.807) is 23.7 Å². The summed E-state index contributed by atoms with van der Waals surface area (Å²) in [6.07, 6.45) is 1.66. The molecule has 1 atom stereocenters. The number of halogens is 1. The van der Waals surface area contributed by atoms with Gasteiger partial charge in [0.05, 0.1) is 5.56 Å². The third-order valence-electron chi connectivity index (χ3n) is 2.65. The highest BCUT2D eigenvalue weighted by Crippen LogP contribution is 2.23. The molecule has 0 bridgehead atoms. The van der Waals surface area contributed by atoms with E-state index in [2.05, 4.69) is 11.4 Å². The molecule has 1 N–H and O–H groups in total. The summed E-state index contributed by atoms with van der Waals surface area (Å²) in [5.74, 6) is 0.450. The molecule has 1 aromatic carbocycles. The van der Waals surface area contributed by atoms with Crippen LogP contribution in [-0.2, 0) is 23.1 Å². The number of nitrogens with zero attached hydrogens (tertiary/aromatic N) is 1. The molecule has 0 radical (unpaired) electrons. The molecular formula is C14H13ClN2OS2. The number of benzene rings is 1. The van der Waals surface area contributed by atoms with E-state index >= 15 is 0 Å². The minimum atomic E-state index is -0.919. The maximum Gasteiger partial charge on any atom is 0.100 e. The van der Waals surface area contributed by atoms with E-state index < -0.39 is 10.8 Å². The minimum Gasteiger partial charge on any atom is -0.380 e. The van der Waals surface area contributed by atoms with E-state index in [0.29, 0.717) is 22.9 Å². The fourth-order valence-electron chi connectivity index (χ4n) is 1.74. The summed E-state index contributed by atoms with van der Waals surface area (Å²) in [5, 5.41) is 14.5. The Balaban J connectivity index is 2.06. The van der Waals surface area contributed by atoms with Crippen molar-refractivity contribution in [3.8, 4) is 6.07 Å². The van der Waals surface area contributed by atoms with Gasteiger partial charge in [-0.3, -0.25) is 4.21 Å². The van der Waals surface area contributed by atoms with Crippen molar-refractivity contribution >= 4 is 39.4 Å². The van der Waals surface area contributed by atoms with E-state index in [0.717, 1.165) is 16.1 Å². The zero-order chi connectivity index (χ0) is 14.5. The molecule has 0 aliphatic carbocycles. The maximum atomic E-state index is 11.3. The highest BCUT2D eigenvalue weighted by molar-refractivity contribution is 7.83. The normalized spacial score (nSPS) is 11.8. The van der Waals surface area contributed by atoms with Crippen molar-refractivity contribution in [3.05, 3.63) is 50.7 Å². The van der Waals surface area contributed by atoms with Crippen molar-refractivity contribution in [1.29, 1.82) is 5.26 Å². The van der Waals surface area contributed by atoms with Gasteiger partial charge in [0.15, 0.2) is 0 Å².